The van der Waals surface area contributed by atoms with Gasteiger partial charge in [0.2, 0.25) is 5.91 Å². The number of aliphatic carboxylic acids is 1. The molecule has 0 aromatic rings. The molecule has 1 saturated heterocycles. The van der Waals surface area contributed by atoms with Gasteiger partial charge in [0.25, 0.3) is 0 Å². The van der Waals surface area contributed by atoms with E-state index < -0.39 is 17.4 Å². The monoisotopic (exact) mass is 238 g/mol. The minimum atomic E-state index is -0.875. The summed E-state index contributed by atoms with van der Waals surface area (Å²) >= 11 is 0. The third-order valence-corrected chi connectivity index (χ3v) is 3.18. The quantitative estimate of drug-likeness (QED) is 0.680. The normalized spacial score (nSPS) is 26.1. The second-order valence-corrected chi connectivity index (χ2v) is 4.74. The summed E-state index contributed by atoms with van der Waals surface area (Å²) in [6, 6.07) is -0.726. The lowest BCUT2D eigenvalue weighted by atomic mass is 9.82. The molecule has 1 amide bonds. The largest absolute Gasteiger partial charge is 0.481 e. The van der Waals surface area contributed by atoms with Crippen LogP contribution in [0.2, 0.25) is 0 Å². The first kappa shape index (κ1) is 13.5. The van der Waals surface area contributed by atoms with Crippen LogP contribution in [0, 0.1) is 17.8 Å². The van der Waals surface area contributed by atoms with Crippen molar-refractivity contribution in [3.05, 3.63) is 0 Å². The molecule has 1 rings (SSSR count). The van der Waals surface area contributed by atoms with Crippen molar-refractivity contribution in [1.82, 2.24) is 4.90 Å². The number of carboxylic acids is 1. The number of amides is 1. The topological polar surface area (TPSA) is 83.6 Å². The van der Waals surface area contributed by atoms with Crippen LogP contribution in [0.15, 0.2) is 0 Å². The smallest absolute Gasteiger partial charge is 0.311 e. The Balaban J connectivity index is 2.70. The third kappa shape index (κ3) is 2.98. The maximum absolute atomic E-state index is 11.9. The molecule has 94 valence electrons. The zero-order valence-corrected chi connectivity index (χ0v) is 9.98. The average molecular weight is 238 g/mol. The van der Waals surface area contributed by atoms with Gasteiger partial charge in [-0.3, -0.25) is 9.59 Å². The summed E-state index contributed by atoms with van der Waals surface area (Å²) in [6.45, 7) is 2.42. The Bertz CT molecular complexity index is 361. The first-order valence-corrected chi connectivity index (χ1v) is 5.62. The Hall–Kier alpha value is -1.54. The van der Waals surface area contributed by atoms with Gasteiger partial charge in [-0.25, -0.2) is 0 Å². The summed E-state index contributed by atoms with van der Waals surface area (Å²) in [7, 11) is 0. The van der Waals surface area contributed by atoms with E-state index in [0.29, 0.717) is 19.4 Å². The molecule has 3 N–H and O–H groups in total. The summed E-state index contributed by atoms with van der Waals surface area (Å²) in [4.78, 5) is 24.6. The van der Waals surface area contributed by atoms with Crippen LogP contribution in [0.25, 0.3) is 0 Å². The fraction of sp³-hybridized carbons (Fsp3) is 0.667. The summed E-state index contributed by atoms with van der Waals surface area (Å²) in [5, 5.41) is 9.14. The Morgan fingerprint density at radius 1 is 1.65 bits per heavy atom. The van der Waals surface area contributed by atoms with Gasteiger partial charge in [0.1, 0.15) is 0 Å². The van der Waals surface area contributed by atoms with Crippen LogP contribution in [-0.2, 0) is 9.59 Å². The number of terminal acetylenes is 1. The van der Waals surface area contributed by atoms with Crippen LogP contribution in [0.3, 0.4) is 0 Å². The van der Waals surface area contributed by atoms with Crippen LogP contribution in [0.1, 0.15) is 26.2 Å². The maximum Gasteiger partial charge on any atom is 0.311 e. The van der Waals surface area contributed by atoms with E-state index in [-0.39, 0.29) is 18.9 Å². The highest BCUT2D eigenvalue weighted by Gasteiger charge is 2.40. The highest BCUT2D eigenvalue weighted by molar-refractivity contribution is 5.83. The molecular formula is C12H18N2O3. The molecule has 5 heteroatoms. The second kappa shape index (κ2) is 5.19. The van der Waals surface area contributed by atoms with Crippen LogP contribution >= 0.6 is 0 Å². The molecule has 17 heavy (non-hydrogen) atoms. The zero-order valence-electron chi connectivity index (χ0n) is 9.98. The number of likely N-dealkylation sites (tertiary alicyclic amines) is 1. The maximum atomic E-state index is 11.9. The highest BCUT2D eigenvalue weighted by atomic mass is 16.4. The summed E-state index contributed by atoms with van der Waals surface area (Å²) in [6.07, 6.45) is 6.54. The van der Waals surface area contributed by atoms with Gasteiger partial charge in [0.15, 0.2) is 0 Å². The molecular weight excluding hydrogens is 220 g/mol. The van der Waals surface area contributed by atoms with Crippen molar-refractivity contribution in [1.29, 1.82) is 0 Å². The molecule has 0 aromatic heterocycles. The van der Waals surface area contributed by atoms with Gasteiger partial charge in [-0.15, -0.1) is 12.3 Å². The van der Waals surface area contributed by atoms with Crippen molar-refractivity contribution < 1.29 is 14.7 Å². The lowest BCUT2D eigenvalue weighted by molar-refractivity contribution is -0.153. The minimum Gasteiger partial charge on any atom is -0.481 e. The van der Waals surface area contributed by atoms with Gasteiger partial charge in [-0.2, -0.15) is 0 Å². The lowest BCUT2D eigenvalue weighted by Gasteiger charge is -2.38. The van der Waals surface area contributed by atoms with Crippen molar-refractivity contribution in [2.24, 2.45) is 11.1 Å². The molecule has 0 bridgehead atoms. The molecule has 2 unspecified atom stereocenters. The zero-order chi connectivity index (χ0) is 13.1. The number of rotatable bonds is 3. The van der Waals surface area contributed by atoms with E-state index in [1.54, 1.807) is 6.92 Å². The van der Waals surface area contributed by atoms with Gasteiger partial charge in [-0.1, -0.05) is 0 Å². The molecule has 0 aromatic carbocycles. The molecule has 0 radical (unpaired) electrons. The number of piperidine rings is 1. The Morgan fingerprint density at radius 3 is 2.82 bits per heavy atom. The fourth-order valence-electron chi connectivity index (χ4n) is 2.05. The number of carbonyl (C=O) groups is 2. The molecule has 5 nitrogen and oxygen atoms in total. The van der Waals surface area contributed by atoms with E-state index in [4.69, 9.17) is 17.3 Å². The molecule has 1 aliphatic heterocycles. The number of carbonyl (C=O) groups excluding carboxylic acids is 1. The minimum absolute atomic E-state index is 0.180. The van der Waals surface area contributed by atoms with E-state index in [1.165, 1.54) is 4.90 Å². The summed E-state index contributed by atoms with van der Waals surface area (Å²) in [5.41, 5.74) is 4.77. The SMILES string of the molecule is C#CCC(N)C(=O)N1CCCC(C)(C(=O)O)C1. The molecule has 1 heterocycles. The molecule has 0 aliphatic carbocycles. The van der Waals surface area contributed by atoms with E-state index in [1.807, 2.05) is 0 Å². The van der Waals surface area contributed by atoms with Crippen molar-refractivity contribution in [3.8, 4) is 12.3 Å². The van der Waals surface area contributed by atoms with Gasteiger partial charge >= 0.3 is 5.97 Å². The number of nitrogens with zero attached hydrogens (tertiary/aromatic N) is 1. The molecule has 2 atom stereocenters. The van der Waals surface area contributed by atoms with E-state index >= 15 is 0 Å². The third-order valence-electron chi connectivity index (χ3n) is 3.18. The molecule has 0 saturated carbocycles. The summed E-state index contributed by atoms with van der Waals surface area (Å²) in [5.74, 6) is 1.21. The first-order chi connectivity index (χ1) is 7.90. The van der Waals surface area contributed by atoms with E-state index in [0.717, 1.165) is 0 Å². The number of carboxylic acid groups (broad SMARTS) is 1. The number of hydrogen-bond acceptors (Lipinski definition) is 3. The van der Waals surface area contributed by atoms with Crippen LogP contribution in [0.5, 0.6) is 0 Å². The molecule has 0 spiro atoms. The second-order valence-electron chi connectivity index (χ2n) is 4.74. The predicted molar refractivity (Wildman–Crippen MR) is 63.0 cm³/mol. The van der Waals surface area contributed by atoms with Crippen molar-refractivity contribution in [2.75, 3.05) is 13.1 Å². The van der Waals surface area contributed by atoms with Gasteiger partial charge in [0.05, 0.1) is 11.5 Å². The standard InChI is InChI=1S/C12H18N2O3/c1-3-5-9(13)10(15)14-7-4-6-12(2,8-14)11(16)17/h1,9H,4-8,13H2,2H3,(H,16,17). The Kier molecular flexibility index (Phi) is 4.13. The van der Waals surface area contributed by atoms with E-state index in [9.17, 15) is 9.59 Å². The molecule has 1 fully saturated rings. The van der Waals surface area contributed by atoms with Crippen molar-refractivity contribution >= 4 is 11.9 Å². The first-order valence-electron chi connectivity index (χ1n) is 5.62. The number of hydrogen-bond donors (Lipinski definition) is 2. The average Bonchev–Trinajstić information content (AvgIpc) is 2.28. The summed E-state index contributed by atoms with van der Waals surface area (Å²) < 4.78 is 0. The van der Waals surface area contributed by atoms with Crippen LogP contribution in [-0.4, -0.2) is 41.0 Å². The van der Waals surface area contributed by atoms with E-state index in [2.05, 4.69) is 5.92 Å². The Labute approximate surface area is 101 Å². The van der Waals surface area contributed by atoms with Crippen LogP contribution < -0.4 is 5.73 Å². The molecule has 1 aliphatic rings. The van der Waals surface area contributed by atoms with Gasteiger partial charge in [0, 0.05) is 19.5 Å². The predicted octanol–water partition coefficient (Wildman–Crippen LogP) is 0.0503. The van der Waals surface area contributed by atoms with Crippen molar-refractivity contribution in [3.63, 3.8) is 0 Å². The Morgan fingerprint density at radius 2 is 2.29 bits per heavy atom. The fourth-order valence-corrected chi connectivity index (χ4v) is 2.05. The highest BCUT2D eigenvalue weighted by Crippen LogP contribution is 2.29. The van der Waals surface area contributed by atoms with Gasteiger partial charge < -0.3 is 15.7 Å². The number of nitrogens with two attached hydrogens (primary N) is 1. The lowest BCUT2D eigenvalue weighted by Crippen LogP contribution is -2.52. The van der Waals surface area contributed by atoms with Gasteiger partial charge in [-0.05, 0) is 19.8 Å². The van der Waals surface area contributed by atoms with Crippen molar-refractivity contribution in [2.45, 2.75) is 32.2 Å². The van der Waals surface area contributed by atoms with Crippen LogP contribution in [0.4, 0.5) is 0 Å².